The number of guanidine groups is 1. The summed E-state index contributed by atoms with van der Waals surface area (Å²) in [5.74, 6) is 0.648. The lowest BCUT2D eigenvalue weighted by Gasteiger charge is -2.29. The first kappa shape index (κ1) is 18.0. The third kappa shape index (κ3) is 4.35. The van der Waals surface area contributed by atoms with Crippen LogP contribution in [0.1, 0.15) is 15.9 Å². The maximum atomic E-state index is 12.4. The van der Waals surface area contributed by atoms with Gasteiger partial charge in [0.15, 0.2) is 5.96 Å². The first-order chi connectivity index (χ1) is 10.8. The van der Waals surface area contributed by atoms with Crippen molar-refractivity contribution in [2.45, 2.75) is 6.42 Å². The van der Waals surface area contributed by atoms with Crippen molar-refractivity contribution in [2.75, 3.05) is 45.9 Å². The highest BCUT2D eigenvalue weighted by Gasteiger charge is 2.23. The summed E-state index contributed by atoms with van der Waals surface area (Å²) in [6.07, 6.45) is 0.907. The highest BCUT2D eigenvalue weighted by molar-refractivity contribution is 14.0. The monoisotopic (exact) mass is 430 g/mol. The molecule has 23 heavy (non-hydrogen) atoms. The van der Waals surface area contributed by atoms with E-state index in [4.69, 9.17) is 10.5 Å². The number of ether oxygens (including phenoxy) is 1. The van der Waals surface area contributed by atoms with Crippen molar-refractivity contribution in [1.82, 2.24) is 9.80 Å². The maximum Gasteiger partial charge on any atom is 0.254 e. The number of carbonyl (C=O) groups excluding carboxylic acids is 1. The van der Waals surface area contributed by atoms with E-state index in [-0.39, 0.29) is 29.9 Å². The molecule has 6 nitrogen and oxygen atoms in total. The number of benzene rings is 1. The van der Waals surface area contributed by atoms with Gasteiger partial charge in [0.25, 0.3) is 5.91 Å². The number of nitrogens with two attached hydrogens (primary N) is 1. The number of nitrogens with zero attached hydrogens (tertiary/aromatic N) is 3. The molecule has 0 aromatic heterocycles. The summed E-state index contributed by atoms with van der Waals surface area (Å²) >= 11 is 0. The van der Waals surface area contributed by atoms with Gasteiger partial charge in [-0.05, 0) is 18.1 Å². The van der Waals surface area contributed by atoms with Gasteiger partial charge >= 0.3 is 0 Å². The Kier molecular flexibility index (Phi) is 6.64. The lowest BCUT2D eigenvalue weighted by Crippen LogP contribution is -2.45. The predicted octanol–water partition coefficient (Wildman–Crippen LogP) is 0.950. The van der Waals surface area contributed by atoms with Crippen LogP contribution in [0.15, 0.2) is 29.3 Å². The van der Waals surface area contributed by atoms with Crippen LogP contribution >= 0.6 is 24.0 Å². The van der Waals surface area contributed by atoms with Crippen LogP contribution in [0.25, 0.3) is 0 Å². The number of hydrogen-bond acceptors (Lipinski definition) is 3. The Morgan fingerprint density at radius 3 is 2.74 bits per heavy atom. The van der Waals surface area contributed by atoms with Gasteiger partial charge in [-0.25, -0.2) is 0 Å². The van der Waals surface area contributed by atoms with Crippen molar-refractivity contribution < 1.29 is 9.53 Å². The molecule has 0 unspecified atom stereocenters. The lowest BCUT2D eigenvalue weighted by molar-refractivity contribution is 0.0673. The zero-order valence-corrected chi connectivity index (χ0v) is 15.4. The van der Waals surface area contributed by atoms with Crippen molar-refractivity contribution >= 4 is 35.8 Å². The largest absolute Gasteiger partial charge is 0.378 e. The Bertz CT molecular complexity index is 573. The first-order valence-corrected chi connectivity index (χ1v) is 7.75. The molecule has 0 atom stereocenters. The van der Waals surface area contributed by atoms with E-state index in [2.05, 4.69) is 4.99 Å². The summed E-state index contributed by atoms with van der Waals surface area (Å²) in [5.41, 5.74) is 7.95. The minimum absolute atomic E-state index is 0. The van der Waals surface area contributed by atoms with E-state index >= 15 is 0 Å². The molecule has 126 valence electrons. The fourth-order valence-corrected chi connectivity index (χ4v) is 2.87. The summed E-state index contributed by atoms with van der Waals surface area (Å²) in [6, 6.07) is 7.82. The summed E-state index contributed by atoms with van der Waals surface area (Å²) in [4.78, 5) is 20.7. The molecule has 0 spiro atoms. The molecule has 0 bridgehead atoms. The van der Waals surface area contributed by atoms with Crippen LogP contribution in [0.3, 0.4) is 0 Å². The molecule has 0 radical (unpaired) electrons. The van der Waals surface area contributed by atoms with Crippen LogP contribution in [0.2, 0.25) is 0 Å². The van der Waals surface area contributed by atoms with Gasteiger partial charge in [-0.15, -0.1) is 24.0 Å². The highest BCUT2D eigenvalue weighted by Crippen LogP contribution is 2.18. The molecule has 2 N–H and O–H groups in total. The van der Waals surface area contributed by atoms with Crippen LogP contribution in [-0.4, -0.2) is 67.6 Å². The second kappa shape index (κ2) is 8.49. The normalized spacial score (nSPS) is 18.4. The molecule has 1 aromatic rings. The standard InChI is InChI=1S/C16H22N4O2.HI/c17-16(20-9-11-22-12-10-20)18-6-8-19-7-5-13-3-1-2-4-14(13)15(19)21;/h1-4H,5-12H2,(H2,17,18);1H. The molecule has 1 fully saturated rings. The second-order valence-corrected chi connectivity index (χ2v) is 5.54. The van der Waals surface area contributed by atoms with Crippen LogP contribution in [0, 0.1) is 0 Å². The van der Waals surface area contributed by atoms with Crippen molar-refractivity contribution in [2.24, 2.45) is 10.7 Å². The van der Waals surface area contributed by atoms with Gasteiger partial charge in [-0.2, -0.15) is 0 Å². The molecular formula is C16H23IN4O2. The molecule has 2 heterocycles. The molecule has 2 aliphatic heterocycles. The van der Waals surface area contributed by atoms with Gasteiger partial charge in [0, 0.05) is 31.7 Å². The van der Waals surface area contributed by atoms with Gasteiger partial charge < -0.3 is 20.3 Å². The van der Waals surface area contributed by atoms with Crippen molar-refractivity contribution in [3.63, 3.8) is 0 Å². The van der Waals surface area contributed by atoms with E-state index in [9.17, 15) is 4.79 Å². The third-order valence-electron chi connectivity index (χ3n) is 4.16. The molecule has 1 amide bonds. The van der Waals surface area contributed by atoms with Gasteiger partial charge in [-0.1, -0.05) is 18.2 Å². The Morgan fingerprint density at radius 2 is 1.96 bits per heavy atom. The number of hydrogen-bond donors (Lipinski definition) is 1. The first-order valence-electron chi connectivity index (χ1n) is 7.75. The summed E-state index contributed by atoms with van der Waals surface area (Å²) < 4.78 is 5.29. The van der Waals surface area contributed by atoms with E-state index in [1.807, 2.05) is 34.1 Å². The smallest absolute Gasteiger partial charge is 0.254 e. The van der Waals surface area contributed by atoms with Crippen molar-refractivity contribution in [3.8, 4) is 0 Å². The van der Waals surface area contributed by atoms with Crippen LogP contribution in [0.4, 0.5) is 0 Å². The number of halogens is 1. The Labute approximate surface area is 153 Å². The third-order valence-corrected chi connectivity index (χ3v) is 4.16. The van der Waals surface area contributed by atoms with Crippen LogP contribution < -0.4 is 5.73 Å². The van der Waals surface area contributed by atoms with Gasteiger partial charge in [0.2, 0.25) is 0 Å². The van der Waals surface area contributed by atoms with E-state index in [1.165, 1.54) is 0 Å². The van der Waals surface area contributed by atoms with Crippen LogP contribution in [0.5, 0.6) is 0 Å². The summed E-state index contributed by atoms with van der Waals surface area (Å²) in [6.45, 7) is 4.85. The zero-order chi connectivity index (χ0) is 15.4. The number of fused-ring (bicyclic) bond motifs is 1. The molecule has 1 aromatic carbocycles. The van der Waals surface area contributed by atoms with E-state index in [0.717, 1.165) is 37.2 Å². The fourth-order valence-electron chi connectivity index (χ4n) is 2.87. The molecule has 0 saturated carbocycles. The number of carbonyl (C=O) groups is 1. The van der Waals surface area contributed by atoms with E-state index in [1.54, 1.807) is 0 Å². The minimum Gasteiger partial charge on any atom is -0.378 e. The van der Waals surface area contributed by atoms with E-state index in [0.29, 0.717) is 32.3 Å². The van der Waals surface area contributed by atoms with Crippen molar-refractivity contribution in [1.29, 1.82) is 0 Å². The molecule has 7 heteroatoms. The molecular weight excluding hydrogens is 407 g/mol. The maximum absolute atomic E-state index is 12.4. The predicted molar refractivity (Wildman–Crippen MR) is 100 cm³/mol. The lowest BCUT2D eigenvalue weighted by atomic mass is 9.99. The van der Waals surface area contributed by atoms with Crippen LogP contribution in [-0.2, 0) is 11.2 Å². The molecule has 1 saturated heterocycles. The average molecular weight is 430 g/mol. The number of morpholine rings is 1. The number of rotatable bonds is 3. The number of aliphatic imine (C=N–C) groups is 1. The Balaban J connectivity index is 0.00000192. The zero-order valence-electron chi connectivity index (χ0n) is 13.1. The van der Waals surface area contributed by atoms with Crippen molar-refractivity contribution in [3.05, 3.63) is 35.4 Å². The number of amides is 1. The van der Waals surface area contributed by atoms with Gasteiger partial charge in [0.05, 0.1) is 19.8 Å². The van der Waals surface area contributed by atoms with E-state index < -0.39 is 0 Å². The SMILES string of the molecule is I.NC(=NCCN1CCc2ccccc2C1=O)N1CCOCC1. The highest BCUT2D eigenvalue weighted by atomic mass is 127. The summed E-state index contributed by atoms with van der Waals surface area (Å²) in [5, 5.41) is 0. The molecule has 2 aliphatic rings. The Morgan fingerprint density at radius 1 is 1.22 bits per heavy atom. The Hall–Kier alpha value is -1.35. The average Bonchev–Trinajstić information content (AvgIpc) is 2.58. The molecule has 0 aliphatic carbocycles. The molecule has 3 rings (SSSR count). The fraction of sp³-hybridized carbons (Fsp3) is 0.500. The topological polar surface area (TPSA) is 71.2 Å². The van der Waals surface area contributed by atoms with Gasteiger partial charge in [0.1, 0.15) is 0 Å². The quantitative estimate of drug-likeness (QED) is 0.441. The minimum atomic E-state index is 0. The second-order valence-electron chi connectivity index (χ2n) is 5.54. The summed E-state index contributed by atoms with van der Waals surface area (Å²) in [7, 11) is 0. The van der Waals surface area contributed by atoms with Gasteiger partial charge in [-0.3, -0.25) is 9.79 Å².